The molecule has 0 aromatic heterocycles. The first kappa shape index (κ1) is 16.0. The second-order valence-electron chi connectivity index (χ2n) is 3.92. The zero-order valence-corrected chi connectivity index (χ0v) is 10.3. The molecule has 1 heterocycles. The zero-order chi connectivity index (χ0) is 13.5. The number of carbonyl (C=O) groups is 1. The molecule has 4 nitrogen and oxygen atoms in total. The third-order valence-corrected chi connectivity index (χ3v) is 2.09. The average Bonchev–Trinajstić information content (AvgIpc) is 2.17. The van der Waals surface area contributed by atoms with E-state index in [0.717, 1.165) is 0 Å². The third kappa shape index (κ3) is 7.84. The van der Waals surface area contributed by atoms with Gasteiger partial charge in [0.2, 0.25) is 0 Å². The summed E-state index contributed by atoms with van der Waals surface area (Å²) in [5.41, 5.74) is 4.99. The molecule has 1 saturated heterocycles. The van der Waals surface area contributed by atoms with Gasteiger partial charge < -0.3 is 10.6 Å². The highest BCUT2D eigenvalue weighted by Crippen LogP contribution is 2.17. The molecular formula is C10H20F3N3O. The highest BCUT2D eigenvalue weighted by molar-refractivity contribution is 5.72. The van der Waals surface area contributed by atoms with Crippen LogP contribution in [0.5, 0.6) is 0 Å². The van der Waals surface area contributed by atoms with Gasteiger partial charge in [-0.15, -0.1) is 0 Å². The number of hydrogen-bond donors (Lipinski definition) is 1. The molecule has 0 aliphatic carbocycles. The summed E-state index contributed by atoms with van der Waals surface area (Å²) in [5.74, 6) is 0. The van der Waals surface area contributed by atoms with E-state index in [1.165, 1.54) is 16.2 Å². The van der Waals surface area contributed by atoms with Gasteiger partial charge in [0.15, 0.2) is 0 Å². The SMILES string of the molecule is CCC.NC(=O)N1CCN(CC(F)(F)F)CC1. The Kier molecular flexibility index (Phi) is 6.94. The predicted molar refractivity (Wildman–Crippen MR) is 59.6 cm³/mol. The quantitative estimate of drug-likeness (QED) is 0.774. The summed E-state index contributed by atoms with van der Waals surface area (Å²) in [6, 6.07) is -0.573. The van der Waals surface area contributed by atoms with Gasteiger partial charge in [0.05, 0.1) is 6.54 Å². The Bertz CT molecular complexity index is 225. The highest BCUT2D eigenvalue weighted by Gasteiger charge is 2.32. The molecule has 0 spiro atoms. The fourth-order valence-electron chi connectivity index (χ4n) is 1.38. The lowest BCUT2D eigenvalue weighted by Gasteiger charge is -2.33. The first-order valence-corrected chi connectivity index (χ1v) is 5.63. The highest BCUT2D eigenvalue weighted by atomic mass is 19.4. The summed E-state index contributed by atoms with van der Waals surface area (Å²) in [4.78, 5) is 13.3. The molecule has 102 valence electrons. The van der Waals surface area contributed by atoms with Crippen molar-refractivity contribution in [3.63, 3.8) is 0 Å². The summed E-state index contributed by atoms with van der Waals surface area (Å²) >= 11 is 0. The summed E-state index contributed by atoms with van der Waals surface area (Å²) < 4.78 is 35.8. The third-order valence-electron chi connectivity index (χ3n) is 2.09. The second-order valence-corrected chi connectivity index (χ2v) is 3.92. The van der Waals surface area contributed by atoms with Gasteiger partial charge in [-0.2, -0.15) is 13.2 Å². The van der Waals surface area contributed by atoms with Crippen molar-refractivity contribution in [3.05, 3.63) is 0 Å². The van der Waals surface area contributed by atoms with Gasteiger partial charge >= 0.3 is 12.2 Å². The van der Waals surface area contributed by atoms with E-state index < -0.39 is 18.8 Å². The first-order valence-electron chi connectivity index (χ1n) is 5.63. The van der Waals surface area contributed by atoms with Crippen molar-refractivity contribution in [1.82, 2.24) is 9.80 Å². The van der Waals surface area contributed by atoms with Crippen LogP contribution in [0.3, 0.4) is 0 Å². The molecule has 0 aromatic carbocycles. The molecule has 7 heteroatoms. The lowest BCUT2D eigenvalue weighted by molar-refractivity contribution is -0.148. The van der Waals surface area contributed by atoms with Crippen LogP contribution < -0.4 is 5.73 Å². The fraction of sp³-hybridized carbons (Fsp3) is 0.900. The van der Waals surface area contributed by atoms with Gasteiger partial charge in [0.1, 0.15) is 0 Å². The van der Waals surface area contributed by atoms with Crippen molar-refractivity contribution in [2.24, 2.45) is 5.73 Å². The summed E-state index contributed by atoms with van der Waals surface area (Å²) in [6.07, 6.45) is -2.92. The first-order chi connectivity index (χ1) is 7.80. The lowest BCUT2D eigenvalue weighted by atomic mass is 10.3. The number of primary amides is 1. The summed E-state index contributed by atoms with van der Waals surface area (Å²) in [6.45, 7) is 4.32. The predicted octanol–water partition coefficient (Wildman–Crippen LogP) is 1.66. The van der Waals surface area contributed by atoms with Crippen LogP contribution in [-0.2, 0) is 0 Å². The molecule has 1 aliphatic rings. The van der Waals surface area contributed by atoms with Crippen LogP contribution in [-0.4, -0.2) is 54.7 Å². The van der Waals surface area contributed by atoms with Gasteiger partial charge in [0.25, 0.3) is 0 Å². The molecule has 1 rings (SSSR count). The number of amides is 2. The summed E-state index contributed by atoms with van der Waals surface area (Å²) in [5, 5.41) is 0. The van der Waals surface area contributed by atoms with Crippen molar-refractivity contribution in [2.75, 3.05) is 32.7 Å². The largest absolute Gasteiger partial charge is 0.401 e. The van der Waals surface area contributed by atoms with Crippen LogP contribution in [0.25, 0.3) is 0 Å². The van der Waals surface area contributed by atoms with Gasteiger partial charge in [-0.25, -0.2) is 4.79 Å². The molecule has 0 saturated carbocycles. The van der Waals surface area contributed by atoms with Crippen molar-refractivity contribution < 1.29 is 18.0 Å². The van der Waals surface area contributed by atoms with E-state index in [0.29, 0.717) is 0 Å². The number of piperazine rings is 1. The van der Waals surface area contributed by atoms with Gasteiger partial charge in [0, 0.05) is 26.2 Å². The van der Waals surface area contributed by atoms with Crippen molar-refractivity contribution in [2.45, 2.75) is 26.4 Å². The molecule has 2 amide bonds. The van der Waals surface area contributed by atoms with E-state index in [9.17, 15) is 18.0 Å². The molecule has 0 aromatic rings. The molecule has 2 N–H and O–H groups in total. The van der Waals surface area contributed by atoms with E-state index in [1.807, 2.05) is 0 Å². The Morgan fingerprint density at radius 3 is 1.88 bits per heavy atom. The Morgan fingerprint density at radius 2 is 1.59 bits per heavy atom. The van der Waals surface area contributed by atoms with Crippen LogP contribution in [0.15, 0.2) is 0 Å². The molecule has 17 heavy (non-hydrogen) atoms. The fourth-order valence-corrected chi connectivity index (χ4v) is 1.38. The van der Waals surface area contributed by atoms with Crippen molar-refractivity contribution in [1.29, 1.82) is 0 Å². The number of halogens is 3. The maximum absolute atomic E-state index is 11.9. The second kappa shape index (κ2) is 7.37. The minimum absolute atomic E-state index is 0.225. The topological polar surface area (TPSA) is 49.6 Å². The van der Waals surface area contributed by atoms with E-state index in [-0.39, 0.29) is 26.2 Å². The lowest BCUT2D eigenvalue weighted by Crippen LogP contribution is -2.52. The minimum atomic E-state index is -4.17. The molecule has 1 fully saturated rings. The van der Waals surface area contributed by atoms with Crippen LogP contribution in [0, 0.1) is 0 Å². The molecule has 0 unspecified atom stereocenters. The Balaban J connectivity index is 0.000000770. The van der Waals surface area contributed by atoms with Gasteiger partial charge in [-0.05, 0) is 0 Å². The van der Waals surface area contributed by atoms with Crippen LogP contribution in [0.1, 0.15) is 20.3 Å². The number of alkyl halides is 3. The maximum atomic E-state index is 11.9. The number of urea groups is 1. The Hall–Kier alpha value is -0.980. The Labute approximate surface area is 99.5 Å². The maximum Gasteiger partial charge on any atom is 0.401 e. The number of rotatable bonds is 1. The van der Waals surface area contributed by atoms with E-state index in [1.54, 1.807) is 0 Å². The zero-order valence-electron chi connectivity index (χ0n) is 10.3. The van der Waals surface area contributed by atoms with Crippen LogP contribution >= 0.6 is 0 Å². The van der Waals surface area contributed by atoms with Gasteiger partial charge in [-0.1, -0.05) is 20.3 Å². The number of carbonyl (C=O) groups excluding carboxylic acids is 1. The monoisotopic (exact) mass is 255 g/mol. The normalized spacial score (nSPS) is 17.4. The summed E-state index contributed by atoms with van der Waals surface area (Å²) in [7, 11) is 0. The molecule has 0 atom stereocenters. The molecule has 0 radical (unpaired) electrons. The van der Waals surface area contributed by atoms with Crippen LogP contribution in [0.2, 0.25) is 0 Å². The number of hydrogen-bond acceptors (Lipinski definition) is 2. The van der Waals surface area contributed by atoms with Gasteiger partial charge in [-0.3, -0.25) is 4.90 Å². The molecular weight excluding hydrogens is 235 g/mol. The van der Waals surface area contributed by atoms with Crippen molar-refractivity contribution in [3.8, 4) is 0 Å². The molecule has 0 bridgehead atoms. The molecule has 1 aliphatic heterocycles. The van der Waals surface area contributed by atoms with E-state index >= 15 is 0 Å². The standard InChI is InChI=1S/C7H12F3N3O.C3H8/c8-7(9,10)5-12-1-3-13(4-2-12)6(11)14;1-3-2/h1-5H2,(H2,11,14);3H2,1-2H3. The van der Waals surface area contributed by atoms with Crippen LogP contribution in [0.4, 0.5) is 18.0 Å². The minimum Gasteiger partial charge on any atom is -0.351 e. The number of nitrogens with zero attached hydrogens (tertiary/aromatic N) is 2. The smallest absolute Gasteiger partial charge is 0.351 e. The number of nitrogens with two attached hydrogens (primary N) is 1. The van der Waals surface area contributed by atoms with Crippen molar-refractivity contribution >= 4 is 6.03 Å². The average molecular weight is 255 g/mol. The van der Waals surface area contributed by atoms with E-state index in [2.05, 4.69) is 13.8 Å². The van der Waals surface area contributed by atoms with E-state index in [4.69, 9.17) is 5.73 Å². The Morgan fingerprint density at radius 1 is 1.18 bits per heavy atom.